The van der Waals surface area contributed by atoms with Gasteiger partial charge in [0, 0.05) is 6.61 Å². The topological polar surface area (TPSA) is 47.9 Å². The highest BCUT2D eigenvalue weighted by atomic mass is 16.5. The van der Waals surface area contributed by atoms with E-state index in [4.69, 9.17) is 14.2 Å². The van der Waals surface area contributed by atoms with Crippen LogP contribution in [0.3, 0.4) is 0 Å². The molecule has 0 bridgehead atoms. The predicted octanol–water partition coefficient (Wildman–Crippen LogP) is 5.67. The van der Waals surface area contributed by atoms with E-state index in [1.54, 1.807) is 0 Å². The summed E-state index contributed by atoms with van der Waals surface area (Å²) in [6.45, 7) is 6.35. The van der Waals surface area contributed by atoms with Gasteiger partial charge in [0.2, 0.25) is 0 Å². The molecule has 3 aromatic rings. The minimum atomic E-state index is -0.738. The van der Waals surface area contributed by atoms with Crippen LogP contribution in [0.2, 0.25) is 0 Å². The molecule has 0 aromatic heterocycles. The number of rotatable bonds is 11. The molecule has 0 aliphatic heterocycles. The molecular weight excluding hydrogens is 376 g/mol. The van der Waals surface area contributed by atoms with E-state index in [-0.39, 0.29) is 0 Å². The second kappa shape index (κ2) is 11.4. The Labute approximate surface area is 179 Å². The predicted molar refractivity (Wildman–Crippen MR) is 119 cm³/mol. The lowest BCUT2D eigenvalue weighted by Crippen LogP contribution is -2.04. The molecule has 0 saturated heterocycles. The molecule has 1 unspecified atom stereocenters. The fourth-order valence-electron chi connectivity index (χ4n) is 3.14. The Morgan fingerprint density at radius 2 is 1.43 bits per heavy atom. The second-order valence-electron chi connectivity index (χ2n) is 7.11. The molecule has 3 aromatic carbocycles. The summed E-state index contributed by atoms with van der Waals surface area (Å²) in [5.74, 6) is 1.30. The first-order chi connectivity index (χ1) is 14.7. The zero-order chi connectivity index (χ0) is 21.2. The van der Waals surface area contributed by atoms with E-state index < -0.39 is 6.10 Å². The van der Waals surface area contributed by atoms with Gasteiger partial charge in [-0.1, -0.05) is 67.6 Å². The number of hydrogen-bond acceptors (Lipinski definition) is 4. The molecule has 1 atom stereocenters. The van der Waals surface area contributed by atoms with E-state index in [9.17, 15) is 5.11 Å². The molecule has 158 valence electrons. The summed E-state index contributed by atoms with van der Waals surface area (Å²) in [6.07, 6.45) is 0.266. The lowest BCUT2D eigenvalue weighted by Gasteiger charge is -2.17. The molecule has 0 radical (unpaired) electrons. The van der Waals surface area contributed by atoms with Gasteiger partial charge in [-0.3, -0.25) is 0 Å². The molecule has 3 rings (SSSR count). The van der Waals surface area contributed by atoms with E-state index in [1.807, 2.05) is 79.7 Å². The van der Waals surface area contributed by atoms with Crippen molar-refractivity contribution in [3.63, 3.8) is 0 Å². The first-order valence-corrected chi connectivity index (χ1v) is 10.5. The molecule has 4 nitrogen and oxygen atoms in total. The van der Waals surface area contributed by atoms with Crippen molar-refractivity contribution in [2.24, 2.45) is 0 Å². The van der Waals surface area contributed by atoms with Crippen molar-refractivity contribution in [1.29, 1.82) is 0 Å². The summed E-state index contributed by atoms with van der Waals surface area (Å²) in [5.41, 5.74) is 3.78. The van der Waals surface area contributed by atoms with Crippen molar-refractivity contribution in [3.05, 3.63) is 95.1 Å². The fourth-order valence-corrected chi connectivity index (χ4v) is 3.14. The van der Waals surface area contributed by atoms with Gasteiger partial charge in [-0.15, -0.1) is 0 Å². The number of aliphatic hydroxyl groups excluding tert-OH is 1. The molecule has 1 N–H and O–H groups in total. The van der Waals surface area contributed by atoms with Crippen LogP contribution in [-0.4, -0.2) is 18.3 Å². The molecule has 0 aliphatic rings. The number of ether oxygens (including phenoxy) is 3. The molecular formula is C26H30O4. The van der Waals surface area contributed by atoms with Gasteiger partial charge in [0.05, 0.1) is 13.2 Å². The van der Waals surface area contributed by atoms with Crippen molar-refractivity contribution in [2.75, 3.05) is 13.2 Å². The van der Waals surface area contributed by atoms with Gasteiger partial charge in [0.25, 0.3) is 0 Å². The summed E-state index contributed by atoms with van der Waals surface area (Å²) >= 11 is 0. The Morgan fingerprint density at radius 3 is 2.13 bits per heavy atom. The highest BCUT2D eigenvalue weighted by Crippen LogP contribution is 2.33. The van der Waals surface area contributed by atoms with Crippen molar-refractivity contribution in [1.82, 2.24) is 0 Å². The standard InChI is InChI=1S/C26H30O4/c1-3-16-28-18-21-10-12-22(13-11-21)26(27)23-14-15-24(25(17-23)29-4-2)30-19-20-8-6-5-7-9-20/h5-15,17,26-27H,3-4,16,18-19H2,1-2H3. The van der Waals surface area contributed by atoms with Gasteiger partial charge in [-0.25, -0.2) is 0 Å². The summed E-state index contributed by atoms with van der Waals surface area (Å²) in [4.78, 5) is 0. The number of aliphatic hydroxyl groups is 1. The molecule has 0 saturated carbocycles. The summed E-state index contributed by atoms with van der Waals surface area (Å²) < 4.78 is 17.3. The van der Waals surface area contributed by atoms with Crippen LogP contribution < -0.4 is 9.47 Å². The van der Waals surface area contributed by atoms with Crippen LogP contribution in [0.5, 0.6) is 11.5 Å². The second-order valence-corrected chi connectivity index (χ2v) is 7.11. The zero-order valence-electron chi connectivity index (χ0n) is 17.7. The van der Waals surface area contributed by atoms with Crippen molar-refractivity contribution in [3.8, 4) is 11.5 Å². The van der Waals surface area contributed by atoms with Crippen molar-refractivity contribution < 1.29 is 19.3 Å². The summed E-state index contributed by atoms with van der Waals surface area (Å²) in [6, 6.07) is 23.5. The molecule has 0 aliphatic carbocycles. The van der Waals surface area contributed by atoms with E-state index in [2.05, 4.69) is 6.92 Å². The third kappa shape index (κ3) is 6.09. The number of benzene rings is 3. The zero-order valence-corrected chi connectivity index (χ0v) is 17.7. The monoisotopic (exact) mass is 406 g/mol. The Balaban J connectivity index is 1.71. The molecule has 4 heteroatoms. The van der Waals surface area contributed by atoms with Crippen LogP contribution in [0, 0.1) is 0 Å². The third-order valence-corrected chi connectivity index (χ3v) is 4.73. The Bertz CT molecular complexity index is 891. The smallest absolute Gasteiger partial charge is 0.161 e. The Morgan fingerprint density at radius 1 is 0.733 bits per heavy atom. The highest BCUT2D eigenvalue weighted by Gasteiger charge is 2.14. The van der Waals surface area contributed by atoms with E-state index >= 15 is 0 Å². The largest absolute Gasteiger partial charge is 0.490 e. The molecule has 30 heavy (non-hydrogen) atoms. The van der Waals surface area contributed by atoms with Gasteiger partial charge < -0.3 is 19.3 Å². The van der Waals surface area contributed by atoms with E-state index in [0.29, 0.717) is 31.3 Å². The van der Waals surface area contributed by atoms with Crippen LogP contribution in [-0.2, 0) is 18.0 Å². The lowest BCUT2D eigenvalue weighted by atomic mass is 10.00. The van der Waals surface area contributed by atoms with E-state index in [0.717, 1.165) is 35.3 Å². The van der Waals surface area contributed by atoms with Crippen LogP contribution in [0.25, 0.3) is 0 Å². The number of hydrogen-bond donors (Lipinski definition) is 1. The highest BCUT2D eigenvalue weighted by molar-refractivity contribution is 5.45. The quantitative estimate of drug-likeness (QED) is 0.417. The van der Waals surface area contributed by atoms with Gasteiger partial charge >= 0.3 is 0 Å². The first kappa shape index (κ1) is 21.9. The maximum atomic E-state index is 10.9. The summed E-state index contributed by atoms with van der Waals surface area (Å²) in [7, 11) is 0. The van der Waals surface area contributed by atoms with Gasteiger partial charge in [-0.2, -0.15) is 0 Å². The van der Waals surface area contributed by atoms with E-state index in [1.165, 1.54) is 0 Å². The maximum Gasteiger partial charge on any atom is 0.161 e. The van der Waals surface area contributed by atoms with Crippen LogP contribution in [0.15, 0.2) is 72.8 Å². The fraction of sp³-hybridized carbons (Fsp3) is 0.308. The van der Waals surface area contributed by atoms with Crippen LogP contribution in [0.4, 0.5) is 0 Å². The molecule has 0 amide bonds. The molecule has 0 spiro atoms. The third-order valence-electron chi connectivity index (χ3n) is 4.73. The lowest BCUT2D eigenvalue weighted by molar-refractivity contribution is 0.121. The Kier molecular flexibility index (Phi) is 8.30. The SMILES string of the molecule is CCCOCc1ccc(C(O)c2ccc(OCc3ccccc3)c(OCC)c2)cc1. The minimum absolute atomic E-state index is 0.463. The Hall–Kier alpha value is -2.82. The minimum Gasteiger partial charge on any atom is -0.490 e. The summed E-state index contributed by atoms with van der Waals surface area (Å²) in [5, 5.41) is 10.9. The van der Waals surface area contributed by atoms with Crippen LogP contribution >= 0.6 is 0 Å². The first-order valence-electron chi connectivity index (χ1n) is 10.5. The van der Waals surface area contributed by atoms with Crippen molar-refractivity contribution >= 4 is 0 Å². The average Bonchev–Trinajstić information content (AvgIpc) is 2.79. The van der Waals surface area contributed by atoms with Crippen molar-refractivity contribution in [2.45, 2.75) is 39.6 Å². The normalized spacial score (nSPS) is 11.8. The maximum absolute atomic E-state index is 10.9. The average molecular weight is 407 g/mol. The molecule has 0 fully saturated rings. The van der Waals surface area contributed by atoms with Gasteiger partial charge in [0.1, 0.15) is 12.7 Å². The van der Waals surface area contributed by atoms with Gasteiger partial charge in [-0.05, 0) is 47.7 Å². The van der Waals surface area contributed by atoms with Gasteiger partial charge in [0.15, 0.2) is 11.5 Å². The molecule has 0 heterocycles. The van der Waals surface area contributed by atoms with Crippen LogP contribution in [0.1, 0.15) is 48.6 Å².